The van der Waals surface area contributed by atoms with Crippen molar-refractivity contribution in [3.05, 3.63) is 222 Å². The van der Waals surface area contributed by atoms with E-state index in [4.69, 9.17) is 16.2 Å². The van der Waals surface area contributed by atoms with E-state index in [0.717, 1.165) is 44.9 Å². The predicted octanol–water partition coefficient (Wildman–Crippen LogP) is 10.5. The number of imidazole rings is 1. The Labute approximate surface area is 271 Å². The summed E-state index contributed by atoms with van der Waals surface area (Å²) in [6.07, 6.45) is 2.25. The van der Waals surface area contributed by atoms with Crippen molar-refractivity contribution in [3.63, 3.8) is 0 Å². The highest BCUT2D eigenvalue weighted by atomic mass is 35.7. The van der Waals surface area contributed by atoms with Crippen LogP contribution in [0.25, 0.3) is 11.4 Å². The van der Waals surface area contributed by atoms with E-state index in [2.05, 4.69) is 193 Å². The third kappa shape index (κ3) is 5.01. The molecule has 218 valence electrons. The molecule has 2 nitrogen and oxygen atoms in total. The Balaban J connectivity index is 1.65. The van der Waals surface area contributed by atoms with E-state index in [0.29, 0.717) is 0 Å². The maximum Gasteiger partial charge on any atom is 0.141 e. The van der Waals surface area contributed by atoms with Crippen molar-refractivity contribution in [2.24, 2.45) is 0 Å². The number of rotatable bonds is 9. The second kappa shape index (κ2) is 12.7. The quantitative estimate of drug-likeness (QED) is 0.116. The summed E-state index contributed by atoms with van der Waals surface area (Å²) in [5.74, 6) is 0.869. The van der Waals surface area contributed by atoms with Gasteiger partial charge in [-0.2, -0.15) is 0 Å². The maximum absolute atomic E-state index is 7.18. The first-order chi connectivity index (χ1) is 22.3. The summed E-state index contributed by atoms with van der Waals surface area (Å²) in [5.41, 5.74) is 6.83. The molecule has 0 radical (unpaired) electrons. The lowest BCUT2D eigenvalue weighted by Crippen LogP contribution is -2.38. The Bertz CT molecular complexity index is 1830. The van der Waals surface area contributed by atoms with Crippen LogP contribution >= 0.6 is 19.2 Å². The SMILES string of the molecule is ClPC(c1ccccc1)(c1ccccc1)c1cn(C(c2ccccc2)(c2ccccc2)c2ccccc2)c(-c2ccccc2)n1. The van der Waals surface area contributed by atoms with Crippen molar-refractivity contribution in [1.29, 1.82) is 0 Å². The predicted molar refractivity (Wildman–Crippen MR) is 189 cm³/mol. The third-order valence-corrected chi connectivity index (χ3v) is 10.6. The van der Waals surface area contributed by atoms with Crippen LogP contribution in [0.5, 0.6) is 0 Å². The zero-order valence-electron chi connectivity index (χ0n) is 24.7. The van der Waals surface area contributed by atoms with Gasteiger partial charge in [-0.25, -0.2) is 4.98 Å². The fourth-order valence-electron chi connectivity index (χ4n) is 6.56. The van der Waals surface area contributed by atoms with Crippen molar-refractivity contribution in [1.82, 2.24) is 9.55 Å². The number of hydrogen-bond donors (Lipinski definition) is 0. The van der Waals surface area contributed by atoms with Gasteiger partial charge in [0.05, 0.1) is 10.9 Å². The molecule has 45 heavy (non-hydrogen) atoms. The molecule has 0 bridgehead atoms. The first-order valence-electron chi connectivity index (χ1n) is 15.1. The van der Waals surface area contributed by atoms with Gasteiger partial charge in [-0.15, -0.1) is 0 Å². The van der Waals surface area contributed by atoms with Gasteiger partial charge in [-0.05, 0) is 35.8 Å². The molecule has 0 fully saturated rings. The number of nitrogens with zero attached hydrogens (tertiary/aromatic N) is 2. The van der Waals surface area contributed by atoms with Crippen LogP contribution in [0.4, 0.5) is 0 Å². The summed E-state index contributed by atoms with van der Waals surface area (Å²) >= 11 is 7.18. The molecule has 0 aliphatic rings. The Morgan fingerprint density at radius 2 is 0.778 bits per heavy atom. The Morgan fingerprint density at radius 3 is 1.13 bits per heavy atom. The average molecular weight is 619 g/mol. The van der Waals surface area contributed by atoms with E-state index in [1.807, 2.05) is 0 Å². The highest BCUT2D eigenvalue weighted by Gasteiger charge is 2.44. The molecule has 7 aromatic rings. The van der Waals surface area contributed by atoms with E-state index in [-0.39, 0.29) is 7.93 Å². The van der Waals surface area contributed by atoms with E-state index in [1.54, 1.807) is 0 Å². The molecule has 4 heteroatoms. The van der Waals surface area contributed by atoms with Crippen molar-refractivity contribution in [2.45, 2.75) is 10.7 Å². The molecular formula is C41H32ClN2P. The monoisotopic (exact) mass is 618 g/mol. The standard InChI is InChI=1S/C41H32ClN2P/c42-45-41(36-27-15-5-16-28-36,37-29-17-6-18-30-37)38-31-44(39(43-38)32-19-7-1-8-20-32)40(33-21-9-2-10-22-33,34-23-11-3-12-24-34)35-25-13-4-14-26-35/h1-31,45H. The van der Waals surface area contributed by atoms with Crippen LogP contribution < -0.4 is 0 Å². The minimum absolute atomic E-state index is 0.00183. The van der Waals surface area contributed by atoms with Gasteiger partial charge in [0.2, 0.25) is 0 Å². The number of halogens is 1. The Kier molecular flexibility index (Phi) is 8.18. The zero-order chi connectivity index (χ0) is 30.5. The lowest BCUT2D eigenvalue weighted by molar-refractivity contribution is 0.519. The molecule has 6 aromatic carbocycles. The van der Waals surface area contributed by atoms with Crippen molar-refractivity contribution >= 4 is 19.2 Å². The van der Waals surface area contributed by atoms with Gasteiger partial charge < -0.3 is 4.57 Å². The smallest absolute Gasteiger partial charge is 0.141 e. The molecule has 0 spiro atoms. The van der Waals surface area contributed by atoms with Crippen LogP contribution in [0, 0.1) is 0 Å². The molecule has 1 atom stereocenters. The minimum Gasteiger partial charge on any atom is -0.312 e. The molecule has 7 rings (SSSR count). The van der Waals surface area contributed by atoms with Gasteiger partial charge in [0.25, 0.3) is 0 Å². The molecule has 0 saturated heterocycles. The van der Waals surface area contributed by atoms with Crippen molar-refractivity contribution in [2.75, 3.05) is 0 Å². The number of benzene rings is 6. The zero-order valence-corrected chi connectivity index (χ0v) is 26.4. The molecule has 0 amide bonds. The van der Waals surface area contributed by atoms with Crippen LogP contribution in [0.3, 0.4) is 0 Å². The van der Waals surface area contributed by atoms with Crippen LogP contribution in [0.1, 0.15) is 33.5 Å². The Hall–Kier alpha value is -4.75. The summed E-state index contributed by atoms with van der Waals surface area (Å²) < 4.78 is 2.38. The van der Waals surface area contributed by atoms with Crippen LogP contribution in [-0.2, 0) is 10.7 Å². The van der Waals surface area contributed by atoms with Crippen molar-refractivity contribution in [3.8, 4) is 11.4 Å². The molecule has 1 unspecified atom stereocenters. The summed E-state index contributed by atoms with van der Waals surface area (Å²) in [6, 6.07) is 63.9. The molecular weight excluding hydrogens is 587 g/mol. The lowest BCUT2D eigenvalue weighted by atomic mass is 9.76. The highest BCUT2D eigenvalue weighted by Crippen LogP contribution is 2.55. The summed E-state index contributed by atoms with van der Waals surface area (Å²) in [7, 11) is -0.00183. The topological polar surface area (TPSA) is 17.8 Å². The lowest BCUT2D eigenvalue weighted by Gasteiger charge is -2.39. The molecule has 1 heterocycles. The first kappa shape index (κ1) is 29.0. The number of hydrogen-bond acceptors (Lipinski definition) is 1. The third-order valence-electron chi connectivity index (χ3n) is 8.61. The van der Waals surface area contributed by atoms with Crippen LogP contribution in [-0.4, -0.2) is 9.55 Å². The van der Waals surface area contributed by atoms with Gasteiger partial charge in [0.15, 0.2) is 0 Å². The molecule has 1 aromatic heterocycles. The summed E-state index contributed by atoms with van der Waals surface area (Å²) in [5, 5.41) is -0.672. The second-order valence-electron chi connectivity index (χ2n) is 11.1. The fraction of sp³-hybridized carbons (Fsp3) is 0.0488. The van der Waals surface area contributed by atoms with Gasteiger partial charge in [-0.3, -0.25) is 0 Å². The van der Waals surface area contributed by atoms with E-state index in [1.165, 1.54) is 0 Å². The van der Waals surface area contributed by atoms with E-state index < -0.39 is 10.7 Å². The number of aromatic nitrogens is 2. The first-order valence-corrected chi connectivity index (χ1v) is 17.1. The normalized spacial score (nSPS) is 12.0. The van der Waals surface area contributed by atoms with Crippen molar-refractivity contribution < 1.29 is 0 Å². The van der Waals surface area contributed by atoms with Gasteiger partial charge in [0.1, 0.15) is 11.4 Å². The van der Waals surface area contributed by atoms with E-state index >= 15 is 0 Å². The maximum atomic E-state index is 7.18. The molecule has 0 aliphatic carbocycles. The van der Waals surface area contributed by atoms with Gasteiger partial charge in [0, 0.05) is 11.8 Å². The highest BCUT2D eigenvalue weighted by molar-refractivity contribution is 7.69. The largest absolute Gasteiger partial charge is 0.312 e. The summed E-state index contributed by atoms with van der Waals surface area (Å²) in [4.78, 5) is 5.60. The molecule has 0 aliphatic heterocycles. The Morgan fingerprint density at radius 1 is 0.444 bits per heavy atom. The molecule has 0 saturated carbocycles. The summed E-state index contributed by atoms with van der Waals surface area (Å²) in [6.45, 7) is 0. The second-order valence-corrected chi connectivity index (χ2v) is 12.6. The van der Waals surface area contributed by atoms with Crippen LogP contribution in [0.15, 0.2) is 188 Å². The van der Waals surface area contributed by atoms with Gasteiger partial charge >= 0.3 is 0 Å². The van der Waals surface area contributed by atoms with E-state index in [9.17, 15) is 0 Å². The van der Waals surface area contributed by atoms with Crippen LogP contribution in [0.2, 0.25) is 0 Å². The van der Waals surface area contributed by atoms with Gasteiger partial charge in [-0.1, -0.05) is 193 Å². The fourth-order valence-corrected chi connectivity index (χ4v) is 8.27. The molecule has 0 N–H and O–H groups in total. The average Bonchev–Trinajstić information content (AvgIpc) is 3.58. The minimum atomic E-state index is -0.741.